The predicted octanol–water partition coefficient (Wildman–Crippen LogP) is 8.54. The van der Waals surface area contributed by atoms with E-state index >= 15 is 0 Å². The summed E-state index contributed by atoms with van der Waals surface area (Å²) in [5.41, 5.74) is 9.51. The quantitative estimate of drug-likeness (QED) is 0.0547. The van der Waals surface area contributed by atoms with Crippen molar-refractivity contribution in [2.75, 3.05) is 21.3 Å². The molecule has 6 N–H and O–H groups in total. The molecule has 0 saturated heterocycles. The smallest absolute Gasteiger partial charge is 0.255 e. The Kier molecular flexibility index (Phi) is 18.2. The zero-order valence-electron chi connectivity index (χ0n) is 36.1. The van der Waals surface area contributed by atoms with Crippen LogP contribution >= 0.6 is 0 Å². The van der Waals surface area contributed by atoms with Crippen LogP contribution in [0.2, 0.25) is 0 Å². The van der Waals surface area contributed by atoms with Gasteiger partial charge in [-0.2, -0.15) is 0 Å². The van der Waals surface area contributed by atoms with E-state index in [0.717, 1.165) is 22.3 Å². The molecule has 0 saturated carbocycles. The average molecular weight is 934 g/mol. The first-order valence-corrected chi connectivity index (χ1v) is 21.0. The van der Waals surface area contributed by atoms with Crippen LogP contribution in [0.1, 0.15) is 63.7 Å². The van der Waals surface area contributed by atoms with Gasteiger partial charge in [0.2, 0.25) is 0 Å². The van der Waals surface area contributed by atoms with E-state index in [0.29, 0.717) is 71.2 Å². The third-order valence-electron chi connectivity index (χ3n) is 9.93. The summed E-state index contributed by atoms with van der Waals surface area (Å²) in [7, 11) is 0. The van der Waals surface area contributed by atoms with E-state index in [1.54, 1.807) is 98.1 Å². The molecule has 0 bridgehead atoms. The number of carbonyl (C=O) groups is 4. The zero-order chi connectivity index (χ0) is 45.8. The molecular formula is C52H46CoN10O4. The van der Waals surface area contributed by atoms with Gasteiger partial charge in [-0.15, -0.1) is 0 Å². The Bertz CT molecular complexity index is 2400. The summed E-state index contributed by atoms with van der Waals surface area (Å²) in [6.07, 6.45) is 13.1. The molecule has 15 heteroatoms. The standard InChI is InChI=1S/2C26H23N5O2.Co/c2*32-25(30-23-9-13-27-14-10-23)21-5-1-19(2-6-21)17-29-18-20-3-7-22(8-4-20)26(33)31-24-11-15-28-16-12-24;/h2*1-16,29H,17-18H2,(H,27,30,32)(H,28,31,33);. The average Bonchev–Trinajstić information content (AvgIpc) is 3.36. The van der Waals surface area contributed by atoms with Gasteiger partial charge in [0.05, 0.1) is 0 Å². The number of anilines is 4. The van der Waals surface area contributed by atoms with Crippen molar-refractivity contribution >= 4 is 46.4 Å². The fourth-order valence-electron chi connectivity index (χ4n) is 6.35. The maximum Gasteiger partial charge on any atom is 0.255 e. The Labute approximate surface area is 398 Å². The minimum Gasteiger partial charge on any atom is -0.322 e. The molecule has 0 aliphatic rings. The number of carbonyl (C=O) groups excluding carboxylic acids is 4. The Hall–Kier alpha value is -8.21. The summed E-state index contributed by atoms with van der Waals surface area (Å²) in [5, 5.41) is 18.1. The fourth-order valence-corrected chi connectivity index (χ4v) is 6.35. The van der Waals surface area contributed by atoms with Crippen LogP contribution in [0.3, 0.4) is 0 Å². The minimum absolute atomic E-state index is 0. The van der Waals surface area contributed by atoms with Crippen molar-refractivity contribution in [3.05, 3.63) is 240 Å². The fraction of sp³-hybridized carbons (Fsp3) is 0.0769. The van der Waals surface area contributed by atoms with E-state index in [4.69, 9.17) is 0 Å². The van der Waals surface area contributed by atoms with Gasteiger partial charge in [0, 0.05) is 138 Å². The van der Waals surface area contributed by atoms with Gasteiger partial charge in [0.1, 0.15) is 0 Å². The second-order valence-electron chi connectivity index (χ2n) is 14.8. The molecule has 0 aliphatic heterocycles. The zero-order valence-corrected chi connectivity index (χ0v) is 37.1. The normalized spacial score (nSPS) is 10.3. The number of nitrogens with one attached hydrogen (secondary N) is 6. The van der Waals surface area contributed by atoms with Crippen molar-refractivity contribution in [3.63, 3.8) is 0 Å². The van der Waals surface area contributed by atoms with Crippen LogP contribution in [0, 0.1) is 0 Å². The number of benzene rings is 4. The van der Waals surface area contributed by atoms with E-state index in [-0.39, 0.29) is 40.4 Å². The maximum atomic E-state index is 12.3. The first-order valence-electron chi connectivity index (χ1n) is 21.0. The molecule has 4 aromatic heterocycles. The van der Waals surface area contributed by atoms with Crippen LogP contribution in [0.4, 0.5) is 22.7 Å². The van der Waals surface area contributed by atoms with Crippen molar-refractivity contribution in [3.8, 4) is 0 Å². The van der Waals surface area contributed by atoms with Crippen molar-refractivity contribution in [2.24, 2.45) is 0 Å². The molecule has 8 aromatic rings. The molecule has 0 spiro atoms. The Morgan fingerprint density at radius 1 is 0.284 bits per heavy atom. The summed E-state index contributed by atoms with van der Waals surface area (Å²) in [5.74, 6) is -0.634. The van der Waals surface area contributed by atoms with Gasteiger partial charge in [-0.1, -0.05) is 48.5 Å². The molecule has 4 heterocycles. The van der Waals surface area contributed by atoms with Crippen LogP contribution in [-0.4, -0.2) is 43.6 Å². The largest absolute Gasteiger partial charge is 0.322 e. The first kappa shape index (κ1) is 48.2. The molecule has 0 aliphatic carbocycles. The summed E-state index contributed by atoms with van der Waals surface area (Å²) in [4.78, 5) is 65.0. The molecule has 67 heavy (non-hydrogen) atoms. The van der Waals surface area contributed by atoms with E-state index in [1.807, 2.05) is 97.1 Å². The second kappa shape index (κ2) is 25.3. The number of rotatable bonds is 16. The summed E-state index contributed by atoms with van der Waals surface area (Å²) in [6, 6.07) is 43.9. The molecular weight excluding hydrogens is 888 g/mol. The van der Waals surface area contributed by atoms with Gasteiger partial charge in [-0.3, -0.25) is 39.1 Å². The van der Waals surface area contributed by atoms with Crippen molar-refractivity contribution in [1.29, 1.82) is 0 Å². The molecule has 0 atom stereocenters. The Balaban J connectivity index is 0.000000218. The topological polar surface area (TPSA) is 192 Å². The predicted molar refractivity (Wildman–Crippen MR) is 256 cm³/mol. The van der Waals surface area contributed by atoms with Gasteiger partial charge in [-0.25, -0.2) is 0 Å². The van der Waals surface area contributed by atoms with Gasteiger partial charge < -0.3 is 31.9 Å². The SMILES string of the molecule is O=C(Nc1ccncc1)c1ccc(CNCc2ccc(C(=O)Nc3ccncc3)cc2)cc1.O=C(Nc1ccncc1)c1ccc(CNCc2ccc(C(=O)Nc3ccncc3)cc2)cc1.[Co]. The van der Waals surface area contributed by atoms with Crippen LogP contribution in [0.25, 0.3) is 0 Å². The third-order valence-corrected chi connectivity index (χ3v) is 9.93. The Morgan fingerprint density at radius 3 is 0.642 bits per heavy atom. The number of aromatic nitrogens is 4. The van der Waals surface area contributed by atoms with E-state index in [1.165, 1.54) is 0 Å². The number of nitrogens with zero attached hydrogens (tertiary/aromatic N) is 4. The molecule has 4 aromatic carbocycles. The van der Waals surface area contributed by atoms with Crippen LogP contribution in [0.15, 0.2) is 195 Å². The van der Waals surface area contributed by atoms with E-state index in [9.17, 15) is 19.2 Å². The number of hydrogen-bond donors (Lipinski definition) is 6. The van der Waals surface area contributed by atoms with Gasteiger partial charge in [-0.05, 0) is 119 Å². The van der Waals surface area contributed by atoms with Crippen LogP contribution in [-0.2, 0) is 43.0 Å². The van der Waals surface area contributed by atoms with Gasteiger partial charge >= 0.3 is 0 Å². The summed E-state index contributed by atoms with van der Waals surface area (Å²) in [6.45, 7) is 2.65. The minimum atomic E-state index is -0.159. The molecule has 0 fully saturated rings. The summed E-state index contributed by atoms with van der Waals surface area (Å²) < 4.78 is 0. The van der Waals surface area contributed by atoms with Crippen molar-refractivity contribution in [2.45, 2.75) is 26.2 Å². The monoisotopic (exact) mass is 933 g/mol. The number of amides is 4. The molecule has 337 valence electrons. The molecule has 0 unspecified atom stereocenters. The maximum absolute atomic E-state index is 12.3. The van der Waals surface area contributed by atoms with Crippen molar-refractivity contribution in [1.82, 2.24) is 30.6 Å². The number of hydrogen-bond acceptors (Lipinski definition) is 10. The number of pyridine rings is 4. The van der Waals surface area contributed by atoms with E-state index in [2.05, 4.69) is 51.8 Å². The summed E-state index contributed by atoms with van der Waals surface area (Å²) >= 11 is 0. The van der Waals surface area contributed by atoms with Crippen LogP contribution < -0.4 is 31.9 Å². The van der Waals surface area contributed by atoms with Crippen LogP contribution in [0.5, 0.6) is 0 Å². The van der Waals surface area contributed by atoms with Crippen molar-refractivity contribution < 1.29 is 36.0 Å². The molecule has 4 amide bonds. The van der Waals surface area contributed by atoms with E-state index < -0.39 is 0 Å². The molecule has 8 rings (SSSR count). The molecule has 14 nitrogen and oxygen atoms in total. The third kappa shape index (κ3) is 15.5. The van der Waals surface area contributed by atoms with Gasteiger partial charge in [0.25, 0.3) is 23.6 Å². The second-order valence-corrected chi connectivity index (χ2v) is 14.8. The van der Waals surface area contributed by atoms with Gasteiger partial charge in [0.15, 0.2) is 0 Å². The first-order chi connectivity index (χ1) is 32.3. The molecule has 1 radical (unpaired) electrons. The Morgan fingerprint density at radius 2 is 0.463 bits per heavy atom.